The van der Waals surface area contributed by atoms with E-state index in [0.717, 1.165) is 25.5 Å². The van der Waals surface area contributed by atoms with Gasteiger partial charge in [-0.15, -0.1) is 0 Å². The van der Waals surface area contributed by atoms with E-state index in [-0.39, 0.29) is 11.1 Å². The molecule has 0 heterocycles. The molecule has 0 radical (unpaired) electrons. The van der Waals surface area contributed by atoms with Gasteiger partial charge in [0.2, 0.25) is 0 Å². The minimum absolute atomic E-state index is 0.0439. The molecule has 1 N–H and O–H groups in total. The van der Waals surface area contributed by atoms with E-state index in [4.69, 9.17) is 11.6 Å². The van der Waals surface area contributed by atoms with E-state index in [1.807, 2.05) is 6.92 Å². The average molecular weight is 276 g/mol. The van der Waals surface area contributed by atoms with Gasteiger partial charge in [0, 0.05) is 11.1 Å². The van der Waals surface area contributed by atoms with Crippen LogP contribution in [-0.4, -0.2) is 6.54 Å². The Hall–Kier alpha value is -0.670. The summed E-state index contributed by atoms with van der Waals surface area (Å²) in [6.07, 6.45) is 2.05. The summed E-state index contributed by atoms with van der Waals surface area (Å²) in [5.74, 6) is -1.43. The van der Waals surface area contributed by atoms with Gasteiger partial charge in [0.25, 0.3) is 0 Å². The van der Waals surface area contributed by atoms with Gasteiger partial charge < -0.3 is 5.32 Å². The molecule has 0 aliphatic rings. The summed E-state index contributed by atoms with van der Waals surface area (Å²) < 4.78 is 26.4. The molecule has 0 amide bonds. The van der Waals surface area contributed by atoms with Crippen molar-refractivity contribution in [1.29, 1.82) is 0 Å². The summed E-state index contributed by atoms with van der Waals surface area (Å²) >= 11 is 6.03. The van der Waals surface area contributed by atoms with E-state index in [2.05, 4.69) is 19.2 Å². The van der Waals surface area contributed by atoms with Gasteiger partial charge in [0.05, 0.1) is 0 Å². The molecule has 4 heteroatoms. The minimum atomic E-state index is -0.901. The van der Waals surface area contributed by atoms with Crippen molar-refractivity contribution in [3.63, 3.8) is 0 Å². The first kappa shape index (κ1) is 15.4. The van der Waals surface area contributed by atoms with Crippen molar-refractivity contribution in [3.8, 4) is 0 Å². The van der Waals surface area contributed by atoms with Gasteiger partial charge in [0.15, 0.2) is 11.6 Å². The Morgan fingerprint density at radius 2 is 1.83 bits per heavy atom. The van der Waals surface area contributed by atoms with Gasteiger partial charge in [-0.3, -0.25) is 0 Å². The molecule has 0 fully saturated rings. The molecule has 1 aromatic carbocycles. The zero-order valence-electron chi connectivity index (χ0n) is 11.1. The van der Waals surface area contributed by atoms with E-state index in [1.54, 1.807) is 0 Å². The van der Waals surface area contributed by atoms with Crippen molar-refractivity contribution < 1.29 is 8.78 Å². The Morgan fingerprint density at radius 3 is 2.39 bits per heavy atom. The van der Waals surface area contributed by atoms with Crippen molar-refractivity contribution in [3.05, 3.63) is 34.4 Å². The topological polar surface area (TPSA) is 12.0 Å². The molecule has 102 valence electrons. The third-order valence-electron chi connectivity index (χ3n) is 3.11. The van der Waals surface area contributed by atoms with Crippen LogP contribution in [0.2, 0.25) is 5.02 Å². The van der Waals surface area contributed by atoms with Crippen LogP contribution >= 0.6 is 11.6 Å². The molecule has 2 atom stereocenters. The van der Waals surface area contributed by atoms with Crippen LogP contribution in [0.3, 0.4) is 0 Å². The summed E-state index contributed by atoms with van der Waals surface area (Å²) in [7, 11) is 0. The zero-order chi connectivity index (χ0) is 13.7. The molecule has 1 aromatic rings. The predicted octanol–water partition coefficient (Wildman–Crippen LogP) is 4.71. The fraction of sp³-hybridized carbons (Fsp3) is 0.571. The van der Waals surface area contributed by atoms with Crippen molar-refractivity contribution >= 4 is 11.6 Å². The first-order chi connectivity index (χ1) is 8.51. The highest BCUT2D eigenvalue weighted by Gasteiger charge is 2.22. The fourth-order valence-electron chi connectivity index (χ4n) is 2.24. The largest absolute Gasteiger partial charge is 0.310 e. The second-order valence-corrected chi connectivity index (χ2v) is 5.00. The van der Waals surface area contributed by atoms with Crippen LogP contribution < -0.4 is 5.32 Å². The zero-order valence-corrected chi connectivity index (χ0v) is 11.8. The minimum Gasteiger partial charge on any atom is -0.310 e. The Morgan fingerprint density at radius 1 is 1.22 bits per heavy atom. The third kappa shape index (κ3) is 3.66. The Balaban J connectivity index is 3.08. The van der Waals surface area contributed by atoms with Crippen molar-refractivity contribution in [2.24, 2.45) is 5.92 Å². The summed E-state index contributed by atoms with van der Waals surface area (Å²) in [5, 5.41) is 3.58. The highest BCUT2D eigenvalue weighted by Crippen LogP contribution is 2.32. The van der Waals surface area contributed by atoms with Crippen LogP contribution in [0.5, 0.6) is 0 Å². The normalized spacial score (nSPS) is 14.6. The van der Waals surface area contributed by atoms with Gasteiger partial charge in [0.1, 0.15) is 0 Å². The first-order valence-corrected chi connectivity index (χ1v) is 6.76. The van der Waals surface area contributed by atoms with Gasteiger partial charge in [-0.1, -0.05) is 38.8 Å². The molecule has 2 unspecified atom stereocenters. The van der Waals surface area contributed by atoms with Crippen LogP contribution in [-0.2, 0) is 0 Å². The Bertz CT molecular complexity index is 396. The smallest absolute Gasteiger partial charge is 0.160 e. The molecular formula is C14H20ClF2N. The van der Waals surface area contributed by atoms with E-state index in [1.165, 1.54) is 6.07 Å². The number of hydrogen-bond acceptors (Lipinski definition) is 1. The first-order valence-electron chi connectivity index (χ1n) is 6.39. The molecule has 0 spiro atoms. The molecule has 0 bridgehead atoms. The molecule has 0 aliphatic heterocycles. The molecule has 0 saturated carbocycles. The number of benzene rings is 1. The number of nitrogens with one attached hydrogen (secondary N) is 1. The second-order valence-electron chi connectivity index (χ2n) is 4.59. The Labute approximate surface area is 113 Å². The van der Waals surface area contributed by atoms with Crippen molar-refractivity contribution in [1.82, 2.24) is 5.32 Å². The lowest BCUT2D eigenvalue weighted by atomic mass is 9.91. The van der Waals surface area contributed by atoms with Crippen LogP contribution in [0.25, 0.3) is 0 Å². The standard InChI is InChI=1S/C14H20ClF2N/c1-4-6-9(3)14(18-5-2)10-7-12(16)13(17)8-11(10)15/h7-9,14,18H,4-6H2,1-3H3. The van der Waals surface area contributed by atoms with Gasteiger partial charge in [-0.05, 0) is 36.6 Å². The highest BCUT2D eigenvalue weighted by atomic mass is 35.5. The van der Waals surface area contributed by atoms with Gasteiger partial charge >= 0.3 is 0 Å². The number of halogens is 3. The SMILES string of the molecule is CCCC(C)C(NCC)c1cc(F)c(F)cc1Cl. The van der Waals surface area contributed by atoms with E-state index in [0.29, 0.717) is 11.5 Å². The molecule has 1 nitrogen and oxygen atoms in total. The summed E-state index contributed by atoms with van der Waals surface area (Å²) in [6, 6.07) is 2.21. The monoisotopic (exact) mass is 275 g/mol. The summed E-state index contributed by atoms with van der Waals surface area (Å²) in [4.78, 5) is 0. The number of rotatable bonds is 6. The lowest BCUT2D eigenvalue weighted by Gasteiger charge is -2.26. The lowest BCUT2D eigenvalue weighted by molar-refractivity contribution is 0.367. The van der Waals surface area contributed by atoms with Crippen LogP contribution in [0.15, 0.2) is 12.1 Å². The third-order valence-corrected chi connectivity index (χ3v) is 3.44. The maximum absolute atomic E-state index is 13.3. The maximum atomic E-state index is 13.3. The van der Waals surface area contributed by atoms with Gasteiger partial charge in [-0.2, -0.15) is 0 Å². The van der Waals surface area contributed by atoms with E-state index in [9.17, 15) is 8.78 Å². The molecule has 0 saturated heterocycles. The summed E-state index contributed by atoms with van der Waals surface area (Å²) in [5.41, 5.74) is 0.637. The van der Waals surface area contributed by atoms with E-state index >= 15 is 0 Å². The van der Waals surface area contributed by atoms with Crippen LogP contribution in [0.4, 0.5) is 8.78 Å². The molecular weight excluding hydrogens is 256 g/mol. The fourth-order valence-corrected chi connectivity index (χ4v) is 2.50. The van der Waals surface area contributed by atoms with E-state index < -0.39 is 11.6 Å². The Kier molecular flexibility index (Phi) is 6.03. The molecule has 0 aromatic heterocycles. The molecule has 0 aliphatic carbocycles. The predicted molar refractivity (Wildman–Crippen MR) is 71.9 cm³/mol. The van der Waals surface area contributed by atoms with Crippen LogP contribution in [0.1, 0.15) is 45.2 Å². The van der Waals surface area contributed by atoms with Crippen LogP contribution in [0, 0.1) is 17.6 Å². The maximum Gasteiger partial charge on any atom is 0.160 e. The summed E-state index contributed by atoms with van der Waals surface area (Å²) in [6.45, 7) is 6.94. The van der Waals surface area contributed by atoms with Gasteiger partial charge in [-0.25, -0.2) is 8.78 Å². The van der Waals surface area contributed by atoms with Crippen molar-refractivity contribution in [2.75, 3.05) is 6.54 Å². The average Bonchev–Trinajstić information content (AvgIpc) is 2.31. The highest BCUT2D eigenvalue weighted by molar-refractivity contribution is 6.31. The molecule has 18 heavy (non-hydrogen) atoms. The molecule has 1 rings (SSSR count). The lowest BCUT2D eigenvalue weighted by Crippen LogP contribution is -2.27. The second kappa shape index (κ2) is 7.05. The quantitative estimate of drug-likeness (QED) is 0.742. The van der Waals surface area contributed by atoms with Crippen molar-refractivity contribution in [2.45, 2.75) is 39.7 Å². The number of hydrogen-bond donors (Lipinski definition) is 1.